The summed E-state index contributed by atoms with van der Waals surface area (Å²) in [5.74, 6) is 1.31. The zero-order chi connectivity index (χ0) is 14.9. The second kappa shape index (κ2) is 6.09. The first kappa shape index (κ1) is 14.3. The second-order valence-corrected chi connectivity index (χ2v) is 7.61. The van der Waals surface area contributed by atoms with Gasteiger partial charge in [0.15, 0.2) is 0 Å². The first-order valence-electron chi connectivity index (χ1n) is 8.31. The Hall–Kier alpha value is -1.26. The van der Waals surface area contributed by atoms with Crippen LogP contribution in [0, 0.1) is 5.92 Å². The zero-order valence-corrected chi connectivity index (χ0v) is 13.9. The molecule has 3 nitrogen and oxygen atoms in total. The van der Waals surface area contributed by atoms with Crippen LogP contribution in [0.3, 0.4) is 0 Å². The van der Waals surface area contributed by atoms with Crippen LogP contribution in [0.25, 0.3) is 10.2 Å². The molecule has 0 N–H and O–H groups in total. The van der Waals surface area contributed by atoms with Crippen molar-refractivity contribution in [2.45, 2.75) is 38.5 Å². The number of aromatic nitrogens is 1. The number of hydrogen-bond donors (Lipinski definition) is 0. The molecule has 4 rings (SSSR count). The summed E-state index contributed by atoms with van der Waals surface area (Å²) in [5, 5.41) is 1.29. The molecule has 1 aromatic heterocycles. The van der Waals surface area contributed by atoms with Crippen LogP contribution in [-0.4, -0.2) is 30.5 Å². The molecule has 3 heterocycles. The Kier molecular flexibility index (Phi) is 3.97. The van der Waals surface area contributed by atoms with Crippen LogP contribution in [0.4, 0.5) is 0 Å². The summed E-state index contributed by atoms with van der Waals surface area (Å²) in [6.45, 7) is 5.00. The van der Waals surface area contributed by atoms with Crippen molar-refractivity contribution in [3.63, 3.8) is 0 Å². The number of benzene rings is 1. The lowest BCUT2D eigenvalue weighted by Crippen LogP contribution is -2.14. The van der Waals surface area contributed by atoms with E-state index in [1.807, 2.05) is 11.3 Å². The van der Waals surface area contributed by atoms with Gasteiger partial charge in [0.2, 0.25) is 0 Å². The van der Waals surface area contributed by atoms with Crippen molar-refractivity contribution in [3.05, 3.63) is 28.8 Å². The van der Waals surface area contributed by atoms with Crippen molar-refractivity contribution < 1.29 is 4.74 Å². The maximum Gasteiger partial charge on any atom is 0.0971 e. The van der Waals surface area contributed by atoms with Gasteiger partial charge in [-0.3, -0.25) is 4.99 Å². The number of thiazole rings is 1. The normalized spacial score (nSPS) is 23.7. The summed E-state index contributed by atoms with van der Waals surface area (Å²) in [4.78, 5) is 9.67. The van der Waals surface area contributed by atoms with Gasteiger partial charge in [0, 0.05) is 31.4 Å². The summed E-state index contributed by atoms with van der Waals surface area (Å²) in [6, 6.07) is 6.69. The van der Waals surface area contributed by atoms with Crippen LogP contribution in [0.15, 0.2) is 23.2 Å². The summed E-state index contributed by atoms with van der Waals surface area (Å²) in [6.07, 6.45) is 4.57. The highest BCUT2D eigenvalue weighted by molar-refractivity contribution is 7.18. The summed E-state index contributed by atoms with van der Waals surface area (Å²) < 4.78 is 6.76. The highest BCUT2D eigenvalue weighted by Gasteiger charge is 2.20. The summed E-state index contributed by atoms with van der Waals surface area (Å²) in [7, 11) is 0. The van der Waals surface area contributed by atoms with E-state index in [9.17, 15) is 0 Å². The van der Waals surface area contributed by atoms with Crippen LogP contribution >= 0.6 is 11.3 Å². The number of aliphatic imine (C=N–C) groups is 1. The Labute approximate surface area is 135 Å². The molecule has 2 aliphatic rings. The van der Waals surface area contributed by atoms with Gasteiger partial charge in [-0.2, -0.15) is 0 Å². The van der Waals surface area contributed by atoms with E-state index in [0.717, 1.165) is 50.5 Å². The van der Waals surface area contributed by atoms with E-state index >= 15 is 0 Å². The minimum absolute atomic E-state index is 0.586. The Morgan fingerprint density at radius 2 is 2.05 bits per heavy atom. The Balaban J connectivity index is 1.63. The van der Waals surface area contributed by atoms with Crippen molar-refractivity contribution in [2.75, 3.05) is 19.8 Å². The summed E-state index contributed by atoms with van der Waals surface area (Å²) in [5.41, 5.74) is 3.68. The smallest absolute Gasteiger partial charge is 0.0971 e. The quantitative estimate of drug-likeness (QED) is 0.823. The SMILES string of the molecule is C[C@H]1CCC(c2ccc3sc(C4CCOCC4)nc3c2)=NC1. The molecular formula is C18H22N2OS. The van der Waals surface area contributed by atoms with Crippen molar-refractivity contribution in [1.29, 1.82) is 0 Å². The van der Waals surface area contributed by atoms with E-state index in [2.05, 4.69) is 25.1 Å². The molecule has 0 bridgehead atoms. The maximum atomic E-state index is 5.46. The number of fused-ring (bicyclic) bond motifs is 1. The molecule has 2 aliphatic heterocycles. The third-order valence-corrected chi connectivity index (χ3v) is 5.97. The molecule has 1 fully saturated rings. The Bertz CT molecular complexity index is 700. The van der Waals surface area contributed by atoms with E-state index in [4.69, 9.17) is 14.7 Å². The van der Waals surface area contributed by atoms with Gasteiger partial charge in [-0.25, -0.2) is 4.98 Å². The second-order valence-electron chi connectivity index (χ2n) is 6.55. The van der Waals surface area contributed by atoms with Gasteiger partial charge in [0.25, 0.3) is 0 Å². The molecule has 1 atom stereocenters. The molecule has 1 aromatic carbocycles. The standard InChI is InChI=1S/C18H22N2OS/c1-12-2-4-15(19-11-12)14-3-5-17-16(10-14)20-18(22-17)13-6-8-21-9-7-13/h3,5,10,12-13H,2,4,6-9,11H2,1H3/t12-/m0/s1. The molecule has 4 heteroatoms. The molecular weight excluding hydrogens is 292 g/mol. The molecule has 2 aromatic rings. The number of ether oxygens (including phenoxy) is 1. The summed E-state index contributed by atoms with van der Waals surface area (Å²) >= 11 is 1.85. The van der Waals surface area contributed by atoms with Crippen LogP contribution < -0.4 is 0 Å². The average Bonchev–Trinajstić information content (AvgIpc) is 2.99. The predicted molar refractivity (Wildman–Crippen MR) is 92.2 cm³/mol. The lowest BCUT2D eigenvalue weighted by Gasteiger charge is -2.19. The van der Waals surface area contributed by atoms with E-state index in [-0.39, 0.29) is 0 Å². The zero-order valence-electron chi connectivity index (χ0n) is 13.0. The molecule has 1 saturated heterocycles. The van der Waals surface area contributed by atoms with Crippen LogP contribution in [0.5, 0.6) is 0 Å². The van der Waals surface area contributed by atoms with Crippen molar-refractivity contribution in [1.82, 2.24) is 4.98 Å². The number of rotatable bonds is 2. The lowest BCUT2D eigenvalue weighted by atomic mass is 9.96. The fourth-order valence-corrected chi connectivity index (χ4v) is 4.42. The Morgan fingerprint density at radius 3 is 2.82 bits per heavy atom. The highest BCUT2D eigenvalue weighted by Crippen LogP contribution is 2.34. The van der Waals surface area contributed by atoms with Gasteiger partial charge < -0.3 is 4.74 Å². The predicted octanol–water partition coefficient (Wildman–Crippen LogP) is 4.41. The number of hydrogen-bond acceptors (Lipinski definition) is 4. The molecule has 0 amide bonds. The molecule has 0 unspecified atom stereocenters. The molecule has 0 radical (unpaired) electrons. The fourth-order valence-electron chi connectivity index (χ4n) is 3.30. The van der Waals surface area contributed by atoms with Crippen LogP contribution in [0.1, 0.15) is 49.1 Å². The average molecular weight is 314 g/mol. The van der Waals surface area contributed by atoms with Gasteiger partial charge in [-0.15, -0.1) is 11.3 Å². The van der Waals surface area contributed by atoms with Crippen LogP contribution in [0.2, 0.25) is 0 Å². The molecule has 0 saturated carbocycles. The van der Waals surface area contributed by atoms with Crippen molar-refractivity contribution in [3.8, 4) is 0 Å². The Morgan fingerprint density at radius 1 is 1.18 bits per heavy atom. The first-order chi connectivity index (χ1) is 10.8. The van der Waals surface area contributed by atoms with Gasteiger partial charge in [0.05, 0.1) is 15.2 Å². The largest absolute Gasteiger partial charge is 0.381 e. The van der Waals surface area contributed by atoms with Crippen LogP contribution in [-0.2, 0) is 4.74 Å². The minimum Gasteiger partial charge on any atom is -0.381 e. The van der Waals surface area contributed by atoms with Gasteiger partial charge in [-0.1, -0.05) is 13.0 Å². The van der Waals surface area contributed by atoms with Gasteiger partial charge in [0.1, 0.15) is 0 Å². The minimum atomic E-state index is 0.586. The van der Waals surface area contributed by atoms with E-state index in [1.165, 1.54) is 27.4 Å². The fraction of sp³-hybridized carbons (Fsp3) is 0.556. The van der Waals surface area contributed by atoms with E-state index in [0.29, 0.717) is 5.92 Å². The first-order valence-corrected chi connectivity index (χ1v) is 9.13. The monoisotopic (exact) mass is 314 g/mol. The molecule has 22 heavy (non-hydrogen) atoms. The third-order valence-electron chi connectivity index (χ3n) is 4.78. The lowest BCUT2D eigenvalue weighted by molar-refractivity contribution is 0.0853. The molecule has 0 spiro atoms. The van der Waals surface area contributed by atoms with Gasteiger partial charge >= 0.3 is 0 Å². The highest BCUT2D eigenvalue weighted by atomic mass is 32.1. The molecule has 0 aliphatic carbocycles. The van der Waals surface area contributed by atoms with Crippen molar-refractivity contribution in [2.24, 2.45) is 10.9 Å². The van der Waals surface area contributed by atoms with E-state index < -0.39 is 0 Å². The maximum absolute atomic E-state index is 5.46. The van der Waals surface area contributed by atoms with Crippen molar-refractivity contribution >= 4 is 27.3 Å². The topological polar surface area (TPSA) is 34.5 Å². The van der Waals surface area contributed by atoms with Gasteiger partial charge in [-0.05, 0) is 49.3 Å². The van der Waals surface area contributed by atoms with E-state index in [1.54, 1.807) is 0 Å². The molecule has 116 valence electrons. The third kappa shape index (κ3) is 2.82. The number of nitrogens with zero attached hydrogens (tertiary/aromatic N) is 2.